The van der Waals surface area contributed by atoms with Crippen molar-refractivity contribution >= 4 is 27.8 Å². The number of nitrogens with zero attached hydrogens (tertiary/aromatic N) is 2. The first kappa shape index (κ1) is 13.4. The van der Waals surface area contributed by atoms with E-state index in [-0.39, 0.29) is 0 Å². The smallest absolute Gasteiger partial charge is 0.0490 e. The lowest BCUT2D eigenvalue weighted by molar-refractivity contribution is 1.20. The number of anilines is 3. The molecule has 1 heterocycles. The van der Waals surface area contributed by atoms with Gasteiger partial charge < -0.3 is 10.6 Å². The van der Waals surface area contributed by atoms with Gasteiger partial charge >= 0.3 is 0 Å². The van der Waals surface area contributed by atoms with Gasteiger partial charge in [0.05, 0.1) is 0 Å². The predicted octanol–water partition coefficient (Wildman–Crippen LogP) is 4.20. The van der Waals surface area contributed by atoms with Gasteiger partial charge in [0, 0.05) is 47.3 Å². The van der Waals surface area contributed by atoms with Crippen LogP contribution in [0.15, 0.2) is 48.8 Å². The van der Waals surface area contributed by atoms with Crippen molar-refractivity contribution in [2.75, 3.05) is 17.7 Å². The van der Waals surface area contributed by atoms with Gasteiger partial charge in [-0.1, -0.05) is 6.07 Å². The van der Waals surface area contributed by atoms with Gasteiger partial charge in [-0.05, 0) is 55.3 Å². The minimum atomic E-state index is 0.760. The molecular formula is C18H19N3. The van der Waals surface area contributed by atoms with Crippen LogP contribution in [0.4, 0.5) is 17.1 Å². The number of hydrogen-bond acceptors (Lipinski definition) is 3. The lowest BCUT2D eigenvalue weighted by Gasteiger charge is -2.23. The van der Waals surface area contributed by atoms with Crippen molar-refractivity contribution in [2.45, 2.75) is 13.8 Å². The number of aryl methyl sites for hydroxylation is 2. The normalized spacial score (nSPS) is 10.8. The third kappa shape index (κ3) is 2.42. The Morgan fingerprint density at radius 2 is 1.67 bits per heavy atom. The molecule has 0 unspecified atom stereocenters. The minimum absolute atomic E-state index is 0.760. The second kappa shape index (κ2) is 5.09. The molecule has 106 valence electrons. The Morgan fingerprint density at radius 3 is 2.38 bits per heavy atom. The minimum Gasteiger partial charge on any atom is -0.398 e. The summed E-state index contributed by atoms with van der Waals surface area (Å²) >= 11 is 0. The zero-order valence-corrected chi connectivity index (χ0v) is 12.6. The van der Waals surface area contributed by atoms with Crippen LogP contribution in [-0.2, 0) is 0 Å². The van der Waals surface area contributed by atoms with Crippen LogP contribution in [0.5, 0.6) is 0 Å². The Bertz CT molecular complexity index is 788. The molecule has 0 saturated carbocycles. The molecule has 3 aromatic rings. The Morgan fingerprint density at radius 1 is 0.952 bits per heavy atom. The maximum absolute atomic E-state index is 6.05. The Balaban J connectivity index is 2.18. The highest BCUT2D eigenvalue weighted by Gasteiger charge is 2.10. The fraction of sp³-hybridized carbons (Fsp3) is 0.167. The van der Waals surface area contributed by atoms with Gasteiger partial charge in [0.25, 0.3) is 0 Å². The Labute approximate surface area is 125 Å². The van der Waals surface area contributed by atoms with E-state index < -0.39 is 0 Å². The molecule has 2 N–H and O–H groups in total. The second-order valence-corrected chi connectivity index (χ2v) is 5.50. The van der Waals surface area contributed by atoms with E-state index in [2.05, 4.69) is 55.0 Å². The Kier molecular flexibility index (Phi) is 3.26. The first-order valence-electron chi connectivity index (χ1n) is 7.00. The van der Waals surface area contributed by atoms with Crippen LogP contribution in [-0.4, -0.2) is 12.0 Å². The van der Waals surface area contributed by atoms with Gasteiger partial charge in [-0.25, -0.2) is 0 Å². The van der Waals surface area contributed by atoms with E-state index in [9.17, 15) is 0 Å². The maximum Gasteiger partial charge on any atom is 0.0490 e. The van der Waals surface area contributed by atoms with Gasteiger partial charge in [-0.3, -0.25) is 4.98 Å². The highest BCUT2D eigenvalue weighted by molar-refractivity contribution is 6.01. The van der Waals surface area contributed by atoms with Crippen LogP contribution in [0.3, 0.4) is 0 Å². The van der Waals surface area contributed by atoms with Crippen LogP contribution in [0.25, 0.3) is 10.8 Å². The van der Waals surface area contributed by atoms with Gasteiger partial charge in [0.15, 0.2) is 0 Å². The standard InChI is InChI=1S/C18H19N3/c1-12-8-13(2)10-14(9-12)21(3)18-5-4-17(19)16-11-20-7-6-15(16)18/h4-11H,19H2,1-3H3. The van der Waals surface area contributed by atoms with E-state index in [1.807, 2.05) is 18.3 Å². The number of pyridine rings is 1. The molecular weight excluding hydrogens is 258 g/mol. The summed E-state index contributed by atoms with van der Waals surface area (Å²) in [5.41, 5.74) is 11.6. The quantitative estimate of drug-likeness (QED) is 0.714. The molecule has 3 rings (SSSR count). The van der Waals surface area contributed by atoms with Crippen molar-refractivity contribution in [3.8, 4) is 0 Å². The van der Waals surface area contributed by atoms with Crippen molar-refractivity contribution in [2.24, 2.45) is 0 Å². The van der Waals surface area contributed by atoms with E-state index in [0.717, 1.165) is 22.1 Å². The number of rotatable bonds is 2. The summed E-state index contributed by atoms with van der Waals surface area (Å²) in [6.45, 7) is 4.24. The molecule has 0 fully saturated rings. The molecule has 0 saturated heterocycles. The van der Waals surface area contributed by atoms with Gasteiger partial charge in [0.2, 0.25) is 0 Å². The van der Waals surface area contributed by atoms with Crippen LogP contribution in [0, 0.1) is 13.8 Å². The van der Waals surface area contributed by atoms with Crippen molar-refractivity contribution in [3.63, 3.8) is 0 Å². The molecule has 0 bridgehead atoms. The molecule has 0 atom stereocenters. The molecule has 0 aliphatic heterocycles. The Hall–Kier alpha value is -2.55. The van der Waals surface area contributed by atoms with Gasteiger partial charge in [-0.15, -0.1) is 0 Å². The fourth-order valence-electron chi connectivity index (χ4n) is 2.77. The van der Waals surface area contributed by atoms with Crippen molar-refractivity contribution in [1.82, 2.24) is 4.98 Å². The molecule has 0 spiro atoms. The van der Waals surface area contributed by atoms with Crippen molar-refractivity contribution in [3.05, 3.63) is 59.9 Å². The number of benzene rings is 2. The summed E-state index contributed by atoms with van der Waals surface area (Å²) in [5.74, 6) is 0. The van der Waals surface area contributed by atoms with Gasteiger partial charge in [-0.2, -0.15) is 0 Å². The molecule has 0 aliphatic carbocycles. The SMILES string of the molecule is Cc1cc(C)cc(N(C)c2ccc(N)c3cnccc23)c1. The summed E-state index contributed by atoms with van der Waals surface area (Å²) in [6.07, 6.45) is 3.63. The molecule has 0 radical (unpaired) electrons. The number of nitrogen functional groups attached to an aromatic ring is 1. The van der Waals surface area contributed by atoms with Crippen LogP contribution in [0.2, 0.25) is 0 Å². The number of fused-ring (bicyclic) bond motifs is 1. The fourth-order valence-corrected chi connectivity index (χ4v) is 2.77. The lowest BCUT2D eigenvalue weighted by atomic mass is 10.1. The van der Waals surface area contributed by atoms with E-state index in [1.54, 1.807) is 6.20 Å². The number of nitrogens with two attached hydrogens (primary N) is 1. The summed E-state index contributed by atoms with van der Waals surface area (Å²) in [5, 5.41) is 2.11. The molecule has 2 aromatic carbocycles. The summed E-state index contributed by atoms with van der Waals surface area (Å²) in [7, 11) is 2.08. The first-order chi connectivity index (χ1) is 10.1. The average Bonchev–Trinajstić information content (AvgIpc) is 2.46. The third-order valence-corrected chi connectivity index (χ3v) is 3.78. The molecule has 3 heteroatoms. The van der Waals surface area contributed by atoms with Crippen LogP contribution >= 0.6 is 0 Å². The predicted molar refractivity (Wildman–Crippen MR) is 90.1 cm³/mol. The monoisotopic (exact) mass is 277 g/mol. The average molecular weight is 277 g/mol. The van der Waals surface area contributed by atoms with E-state index >= 15 is 0 Å². The van der Waals surface area contributed by atoms with Crippen LogP contribution in [0.1, 0.15) is 11.1 Å². The van der Waals surface area contributed by atoms with E-state index in [0.29, 0.717) is 0 Å². The van der Waals surface area contributed by atoms with Crippen molar-refractivity contribution in [1.29, 1.82) is 0 Å². The maximum atomic E-state index is 6.05. The molecule has 21 heavy (non-hydrogen) atoms. The topological polar surface area (TPSA) is 42.1 Å². The highest BCUT2D eigenvalue weighted by Crippen LogP contribution is 2.34. The summed E-state index contributed by atoms with van der Waals surface area (Å²) in [4.78, 5) is 6.37. The van der Waals surface area contributed by atoms with Crippen molar-refractivity contribution < 1.29 is 0 Å². The largest absolute Gasteiger partial charge is 0.398 e. The van der Waals surface area contributed by atoms with E-state index in [1.165, 1.54) is 16.8 Å². The summed E-state index contributed by atoms with van der Waals surface area (Å²) < 4.78 is 0. The zero-order valence-electron chi connectivity index (χ0n) is 12.6. The molecule has 0 amide bonds. The highest BCUT2D eigenvalue weighted by atomic mass is 15.1. The third-order valence-electron chi connectivity index (χ3n) is 3.78. The van der Waals surface area contributed by atoms with E-state index in [4.69, 9.17) is 5.73 Å². The number of aromatic nitrogens is 1. The first-order valence-corrected chi connectivity index (χ1v) is 7.00. The lowest BCUT2D eigenvalue weighted by Crippen LogP contribution is -2.10. The summed E-state index contributed by atoms with van der Waals surface area (Å²) in [6, 6.07) is 12.6. The molecule has 0 aliphatic rings. The zero-order chi connectivity index (χ0) is 15.0. The van der Waals surface area contributed by atoms with Crippen LogP contribution < -0.4 is 10.6 Å². The number of hydrogen-bond donors (Lipinski definition) is 1. The van der Waals surface area contributed by atoms with Gasteiger partial charge in [0.1, 0.15) is 0 Å². The second-order valence-electron chi connectivity index (χ2n) is 5.50. The molecule has 3 nitrogen and oxygen atoms in total. The molecule has 1 aromatic heterocycles.